The molecule has 0 aliphatic heterocycles. The van der Waals surface area contributed by atoms with Crippen LogP contribution >= 0.6 is 0 Å². The van der Waals surface area contributed by atoms with Crippen LogP contribution in [-0.2, 0) is 19.0 Å². The Bertz CT molecular complexity index is 804. The summed E-state index contributed by atoms with van der Waals surface area (Å²) in [4.78, 5) is 14.4. The first-order valence-corrected chi connectivity index (χ1v) is 22.9. The van der Waals surface area contributed by atoms with E-state index in [1.807, 2.05) is 4.90 Å². The number of carbonyl (C=O) groups is 1. The molecule has 0 aliphatic carbocycles. The summed E-state index contributed by atoms with van der Waals surface area (Å²) in [5, 5.41) is 18.7. The number of aliphatic hydroxyl groups is 2. The summed E-state index contributed by atoms with van der Waals surface area (Å²) in [6, 6.07) is 0. The van der Waals surface area contributed by atoms with Crippen LogP contribution in [0.15, 0.2) is 24.3 Å². The molecule has 8 heteroatoms. The quantitative estimate of drug-likeness (QED) is 0.0418. The largest absolute Gasteiger partial charge is 0.395 e. The third kappa shape index (κ3) is 37.6. The molecule has 320 valence electrons. The normalized spacial score (nSPS) is 13.2. The molecule has 0 bridgehead atoms. The Morgan fingerprint density at radius 1 is 0.519 bits per heavy atom. The Morgan fingerprint density at radius 2 is 0.907 bits per heavy atom. The molecular weight excluding hydrogens is 677 g/mol. The van der Waals surface area contributed by atoms with E-state index < -0.39 is 18.1 Å². The van der Waals surface area contributed by atoms with Gasteiger partial charge in [-0.2, -0.15) is 0 Å². The fraction of sp³-hybridized carbons (Fsp3) is 0.891. The summed E-state index contributed by atoms with van der Waals surface area (Å²) < 4.78 is 18.2. The maximum Gasteiger partial charge on any atom is 0.249 e. The highest BCUT2D eigenvalue weighted by Crippen LogP contribution is 2.14. The Balaban J connectivity index is 4.32. The second-order valence-electron chi connectivity index (χ2n) is 15.3. The van der Waals surface area contributed by atoms with Gasteiger partial charge in [0.2, 0.25) is 5.91 Å². The molecule has 0 rings (SSSR count). The molecule has 0 heterocycles. The van der Waals surface area contributed by atoms with Crippen molar-refractivity contribution in [2.24, 2.45) is 5.73 Å². The van der Waals surface area contributed by atoms with Crippen LogP contribution < -0.4 is 5.73 Å². The number of nitrogens with two attached hydrogens (primary N) is 1. The number of carbonyl (C=O) groups excluding carboxylic acids is 1. The van der Waals surface area contributed by atoms with Crippen molar-refractivity contribution in [2.75, 3.05) is 59.3 Å². The van der Waals surface area contributed by atoms with Gasteiger partial charge < -0.3 is 30.2 Å². The zero-order valence-corrected chi connectivity index (χ0v) is 35.7. The Hall–Kier alpha value is -1.29. The van der Waals surface area contributed by atoms with Gasteiger partial charge in [0.25, 0.3) is 0 Å². The molecule has 0 aromatic heterocycles. The zero-order valence-electron chi connectivity index (χ0n) is 35.7. The van der Waals surface area contributed by atoms with Crippen LogP contribution in [0.2, 0.25) is 0 Å². The first-order valence-electron chi connectivity index (χ1n) is 22.9. The molecule has 4 N–H and O–H groups in total. The first-order chi connectivity index (χ1) is 26.6. The smallest absolute Gasteiger partial charge is 0.249 e. The minimum atomic E-state index is -0.878. The van der Waals surface area contributed by atoms with E-state index in [4.69, 9.17) is 19.9 Å². The van der Waals surface area contributed by atoms with Gasteiger partial charge in [-0.25, -0.2) is 0 Å². The van der Waals surface area contributed by atoms with Gasteiger partial charge in [0, 0.05) is 32.8 Å². The molecule has 0 spiro atoms. The average Bonchev–Trinajstić information content (AvgIpc) is 3.16. The molecule has 0 radical (unpaired) electrons. The highest BCUT2D eigenvalue weighted by molar-refractivity contribution is 5.79. The number of primary amides is 1. The number of rotatable bonds is 45. The molecule has 54 heavy (non-hydrogen) atoms. The van der Waals surface area contributed by atoms with Crippen molar-refractivity contribution in [3.63, 3.8) is 0 Å². The summed E-state index contributed by atoms with van der Waals surface area (Å²) in [7, 11) is 0. The molecule has 0 saturated heterocycles. The highest BCUT2D eigenvalue weighted by Gasteiger charge is 2.29. The number of allylic oxidation sites excluding steroid dienone is 4. The van der Waals surface area contributed by atoms with Gasteiger partial charge >= 0.3 is 0 Å². The van der Waals surface area contributed by atoms with Crippen LogP contribution in [0, 0.1) is 0 Å². The number of hydrogen-bond acceptors (Lipinski definition) is 7. The molecule has 8 nitrogen and oxygen atoms in total. The van der Waals surface area contributed by atoms with Crippen LogP contribution in [0.25, 0.3) is 0 Å². The molecule has 0 aromatic carbocycles. The molecule has 2 unspecified atom stereocenters. The second-order valence-corrected chi connectivity index (χ2v) is 15.3. The van der Waals surface area contributed by atoms with E-state index >= 15 is 0 Å². The van der Waals surface area contributed by atoms with E-state index in [9.17, 15) is 15.0 Å². The molecule has 2 atom stereocenters. The molecule has 0 fully saturated rings. The zero-order chi connectivity index (χ0) is 39.4. The molecule has 1 amide bonds. The SMILES string of the molecule is CCCCCCCCC=CCCCCCCCCOCC(OCCN(CCO)CCO)C(OCCCCCCCCC=CCCCCCCCC)C(N)=O. The van der Waals surface area contributed by atoms with Gasteiger partial charge in [0.15, 0.2) is 6.10 Å². The minimum absolute atomic E-state index is 0.00623. The number of ether oxygens (including phenoxy) is 3. The van der Waals surface area contributed by atoms with E-state index in [-0.39, 0.29) is 19.8 Å². The lowest BCUT2D eigenvalue weighted by Gasteiger charge is -2.27. The summed E-state index contributed by atoms with van der Waals surface area (Å²) >= 11 is 0. The second kappa shape index (κ2) is 44.4. The van der Waals surface area contributed by atoms with E-state index in [1.165, 1.54) is 148 Å². The lowest BCUT2D eigenvalue weighted by Crippen LogP contribution is -2.46. The Morgan fingerprint density at radius 3 is 1.31 bits per heavy atom. The third-order valence-electron chi connectivity index (χ3n) is 10.2. The number of aliphatic hydroxyl groups excluding tert-OH is 2. The van der Waals surface area contributed by atoms with Crippen LogP contribution in [0.1, 0.15) is 194 Å². The van der Waals surface area contributed by atoms with Gasteiger partial charge in [0.1, 0.15) is 6.10 Å². The Labute approximate surface area is 334 Å². The highest BCUT2D eigenvalue weighted by atomic mass is 16.6. The minimum Gasteiger partial charge on any atom is -0.395 e. The van der Waals surface area contributed by atoms with Gasteiger partial charge in [-0.3, -0.25) is 9.69 Å². The summed E-state index contributed by atoms with van der Waals surface area (Å²) in [6.07, 6.45) is 43.1. The van der Waals surface area contributed by atoms with E-state index in [0.717, 1.165) is 32.1 Å². The van der Waals surface area contributed by atoms with Crippen LogP contribution in [0.3, 0.4) is 0 Å². The Kier molecular flexibility index (Phi) is 43.4. The van der Waals surface area contributed by atoms with E-state index in [2.05, 4.69) is 38.2 Å². The first kappa shape index (κ1) is 52.7. The summed E-state index contributed by atoms with van der Waals surface area (Å²) in [5.41, 5.74) is 5.82. The van der Waals surface area contributed by atoms with Gasteiger partial charge in [0.05, 0.1) is 26.4 Å². The number of hydrogen-bond donors (Lipinski definition) is 3. The van der Waals surface area contributed by atoms with E-state index in [0.29, 0.717) is 39.5 Å². The van der Waals surface area contributed by atoms with Crippen molar-refractivity contribution >= 4 is 5.91 Å². The maximum absolute atomic E-state index is 12.5. The van der Waals surface area contributed by atoms with Crippen molar-refractivity contribution in [3.8, 4) is 0 Å². The fourth-order valence-electron chi connectivity index (χ4n) is 6.76. The monoisotopic (exact) mass is 767 g/mol. The van der Waals surface area contributed by atoms with Crippen molar-refractivity contribution in [2.45, 2.75) is 206 Å². The lowest BCUT2D eigenvalue weighted by molar-refractivity contribution is -0.148. The molecule has 0 saturated carbocycles. The van der Waals surface area contributed by atoms with Gasteiger partial charge in [-0.05, 0) is 64.2 Å². The standard InChI is InChI=1S/C46H90N2O6/c1-3-5-7-9-11-13-15-17-19-21-23-25-27-29-31-33-40-52-43-44(53-42-37-48(35-38-49)36-39-50)45(46(47)51)54-41-34-32-30-28-26-24-22-20-18-16-14-12-10-8-6-4-2/h17-20,44-45,49-50H,3-16,21-43H2,1-2H3,(H2,47,51). The van der Waals surface area contributed by atoms with Crippen molar-refractivity contribution in [1.29, 1.82) is 0 Å². The molecular formula is C46H90N2O6. The summed E-state index contributed by atoms with van der Waals surface area (Å²) in [6.45, 7) is 7.61. The number of nitrogens with zero attached hydrogens (tertiary/aromatic N) is 1. The predicted molar refractivity (Wildman–Crippen MR) is 229 cm³/mol. The van der Waals surface area contributed by atoms with E-state index in [1.54, 1.807) is 0 Å². The van der Waals surface area contributed by atoms with Crippen molar-refractivity contribution in [3.05, 3.63) is 24.3 Å². The van der Waals surface area contributed by atoms with Crippen LogP contribution in [-0.4, -0.2) is 92.5 Å². The third-order valence-corrected chi connectivity index (χ3v) is 10.2. The van der Waals surface area contributed by atoms with Crippen LogP contribution in [0.4, 0.5) is 0 Å². The fourth-order valence-corrected chi connectivity index (χ4v) is 6.76. The molecule has 0 aromatic rings. The molecule has 0 aliphatic rings. The lowest BCUT2D eigenvalue weighted by atomic mass is 10.1. The summed E-state index contributed by atoms with van der Waals surface area (Å²) in [5.74, 6) is -0.534. The van der Waals surface area contributed by atoms with Crippen molar-refractivity contribution in [1.82, 2.24) is 4.90 Å². The predicted octanol–water partition coefficient (Wildman–Crippen LogP) is 10.6. The van der Waals surface area contributed by atoms with Crippen LogP contribution in [0.5, 0.6) is 0 Å². The van der Waals surface area contributed by atoms with Gasteiger partial charge in [-0.15, -0.1) is 0 Å². The average molecular weight is 767 g/mol. The van der Waals surface area contributed by atoms with Gasteiger partial charge in [-0.1, -0.05) is 154 Å². The van der Waals surface area contributed by atoms with Crippen molar-refractivity contribution < 1.29 is 29.2 Å². The number of unbranched alkanes of at least 4 members (excludes halogenated alkanes) is 24. The number of amides is 1. The topological polar surface area (TPSA) is 114 Å². The maximum atomic E-state index is 12.5.